The Labute approximate surface area is 98.7 Å². The molecule has 0 aliphatic carbocycles. The molecule has 0 aliphatic heterocycles. The Morgan fingerprint density at radius 2 is 1.56 bits per heavy atom. The van der Waals surface area contributed by atoms with Gasteiger partial charge in [-0.25, -0.2) is 4.18 Å². The van der Waals surface area contributed by atoms with Gasteiger partial charge in [0.25, 0.3) is 0 Å². The second-order valence-electron chi connectivity index (χ2n) is 3.80. The number of hydrogen-bond acceptors (Lipinski definition) is 4. The van der Waals surface area contributed by atoms with Crippen molar-refractivity contribution in [1.82, 2.24) is 4.90 Å². The highest BCUT2D eigenvalue weighted by molar-refractivity contribution is 7.80. The van der Waals surface area contributed by atoms with Crippen molar-refractivity contribution in [2.45, 2.75) is 39.5 Å². The van der Waals surface area contributed by atoms with Crippen molar-refractivity contribution in [3.63, 3.8) is 0 Å². The SMILES string of the molecule is CCCCN(CCCC)CCOS(=O)(=O)O. The third kappa shape index (κ3) is 10.4. The van der Waals surface area contributed by atoms with E-state index >= 15 is 0 Å². The van der Waals surface area contributed by atoms with Crippen molar-refractivity contribution in [3.8, 4) is 0 Å². The normalized spacial score (nSPS) is 12.2. The van der Waals surface area contributed by atoms with Crippen LogP contribution in [-0.4, -0.2) is 44.1 Å². The minimum atomic E-state index is -4.29. The molecule has 0 aromatic carbocycles. The molecule has 0 unspecified atom stereocenters. The average molecular weight is 253 g/mol. The molecule has 0 aliphatic rings. The van der Waals surface area contributed by atoms with Crippen LogP contribution in [-0.2, 0) is 14.6 Å². The van der Waals surface area contributed by atoms with E-state index in [0.717, 1.165) is 38.8 Å². The van der Waals surface area contributed by atoms with E-state index in [2.05, 4.69) is 22.9 Å². The molecule has 0 aromatic rings. The lowest BCUT2D eigenvalue weighted by atomic mass is 10.2. The zero-order valence-electron chi connectivity index (χ0n) is 10.2. The molecular formula is C10H23NO4S. The molecule has 0 atom stereocenters. The van der Waals surface area contributed by atoms with Gasteiger partial charge >= 0.3 is 10.4 Å². The number of hydrogen-bond donors (Lipinski definition) is 1. The van der Waals surface area contributed by atoms with Gasteiger partial charge in [0.1, 0.15) is 0 Å². The smallest absolute Gasteiger partial charge is 0.301 e. The van der Waals surface area contributed by atoms with Crippen LogP contribution in [0, 0.1) is 0 Å². The fourth-order valence-corrected chi connectivity index (χ4v) is 1.66. The average Bonchev–Trinajstić information content (AvgIpc) is 2.19. The molecule has 0 fully saturated rings. The first kappa shape index (κ1) is 15.8. The molecule has 0 spiro atoms. The van der Waals surface area contributed by atoms with Gasteiger partial charge < -0.3 is 4.90 Å². The van der Waals surface area contributed by atoms with Crippen LogP contribution in [0.25, 0.3) is 0 Å². The lowest BCUT2D eigenvalue weighted by Crippen LogP contribution is -2.30. The summed E-state index contributed by atoms with van der Waals surface area (Å²) in [5, 5.41) is 0. The Morgan fingerprint density at radius 3 is 1.94 bits per heavy atom. The van der Waals surface area contributed by atoms with Crippen molar-refractivity contribution in [2.75, 3.05) is 26.2 Å². The summed E-state index contributed by atoms with van der Waals surface area (Å²) in [5.74, 6) is 0. The standard InChI is InChI=1S/C10H23NO4S/c1-3-5-7-11(8-6-4-2)9-10-15-16(12,13)14/h3-10H2,1-2H3,(H,12,13,14). The molecule has 0 bridgehead atoms. The minimum absolute atomic E-state index is 0.0201. The van der Waals surface area contributed by atoms with E-state index in [9.17, 15) is 8.42 Å². The highest BCUT2D eigenvalue weighted by Crippen LogP contribution is 1.99. The first-order valence-electron chi connectivity index (χ1n) is 5.83. The van der Waals surface area contributed by atoms with Gasteiger partial charge in [-0.15, -0.1) is 0 Å². The summed E-state index contributed by atoms with van der Waals surface area (Å²) >= 11 is 0. The van der Waals surface area contributed by atoms with Gasteiger partial charge in [-0.3, -0.25) is 4.55 Å². The maximum absolute atomic E-state index is 10.4. The third-order valence-electron chi connectivity index (χ3n) is 2.30. The highest BCUT2D eigenvalue weighted by Gasteiger charge is 2.07. The molecule has 0 radical (unpaired) electrons. The molecular weight excluding hydrogens is 230 g/mol. The number of unbranched alkanes of at least 4 members (excludes halogenated alkanes) is 2. The molecule has 0 saturated heterocycles. The second-order valence-corrected chi connectivity index (χ2v) is 4.89. The van der Waals surface area contributed by atoms with Gasteiger partial charge in [0.2, 0.25) is 0 Å². The van der Waals surface area contributed by atoms with Crippen LogP contribution in [0.2, 0.25) is 0 Å². The number of rotatable bonds is 10. The van der Waals surface area contributed by atoms with E-state index in [1.807, 2.05) is 0 Å². The lowest BCUT2D eigenvalue weighted by Gasteiger charge is -2.21. The van der Waals surface area contributed by atoms with Crippen LogP contribution >= 0.6 is 0 Å². The highest BCUT2D eigenvalue weighted by atomic mass is 32.3. The molecule has 16 heavy (non-hydrogen) atoms. The van der Waals surface area contributed by atoms with Gasteiger partial charge in [-0.1, -0.05) is 26.7 Å². The van der Waals surface area contributed by atoms with Crippen LogP contribution < -0.4 is 0 Å². The van der Waals surface area contributed by atoms with E-state index in [4.69, 9.17) is 4.55 Å². The molecule has 6 heteroatoms. The van der Waals surface area contributed by atoms with Crippen molar-refractivity contribution < 1.29 is 17.2 Å². The van der Waals surface area contributed by atoms with E-state index in [-0.39, 0.29) is 6.61 Å². The van der Waals surface area contributed by atoms with Crippen molar-refractivity contribution in [2.24, 2.45) is 0 Å². The minimum Gasteiger partial charge on any atom is -0.301 e. The Kier molecular flexibility index (Phi) is 8.83. The fourth-order valence-electron chi connectivity index (χ4n) is 1.37. The van der Waals surface area contributed by atoms with Crippen LogP contribution in [0.3, 0.4) is 0 Å². The van der Waals surface area contributed by atoms with Crippen molar-refractivity contribution >= 4 is 10.4 Å². The van der Waals surface area contributed by atoms with Gasteiger partial charge in [0, 0.05) is 6.54 Å². The first-order chi connectivity index (χ1) is 7.49. The molecule has 0 rings (SSSR count). The Morgan fingerprint density at radius 1 is 1.06 bits per heavy atom. The quantitative estimate of drug-likeness (QED) is 0.600. The summed E-state index contributed by atoms with van der Waals surface area (Å²) in [7, 11) is -4.29. The molecule has 0 heterocycles. The van der Waals surface area contributed by atoms with Gasteiger partial charge in [0.15, 0.2) is 0 Å². The summed E-state index contributed by atoms with van der Waals surface area (Å²) in [4.78, 5) is 2.16. The van der Waals surface area contributed by atoms with E-state index in [1.54, 1.807) is 0 Å². The Bertz CT molecular complexity index is 246. The van der Waals surface area contributed by atoms with Crippen LogP contribution in [0.5, 0.6) is 0 Å². The van der Waals surface area contributed by atoms with E-state index < -0.39 is 10.4 Å². The third-order valence-corrected chi connectivity index (χ3v) is 2.76. The van der Waals surface area contributed by atoms with Crippen LogP contribution in [0.15, 0.2) is 0 Å². The monoisotopic (exact) mass is 253 g/mol. The van der Waals surface area contributed by atoms with E-state index in [1.165, 1.54) is 0 Å². The van der Waals surface area contributed by atoms with E-state index in [0.29, 0.717) is 6.54 Å². The summed E-state index contributed by atoms with van der Waals surface area (Å²) in [6, 6.07) is 0. The Hall–Kier alpha value is -0.170. The molecule has 5 nitrogen and oxygen atoms in total. The summed E-state index contributed by atoms with van der Waals surface area (Å²) in [6.07, 6.45) is 4.41. The number of nitrogens with zero attached hydrogens (tertiary/aromatic N) is 1. The molecule has 98 valence electrons. The van der Waals surface area contributed by atoms with Crippen LogP contribution in [0.4, 0.5) is 0 Å². The molecule has 0 aromatic heterocycles. The largest absolute Gasteiger partial charge is 0.397 e. The molecule has 0 amide bonds. The lowest BCUT2D eigenvalue weighted by molar-refractivity contribution is 0.193. The van der Waals surface area contributed by atoms with Gasteiger partial charge in [-0.2, -0.15) is 8.42 Å². The van der Waals surface area contributed by atoms with Crippen molar-refractivity contribution in [3.05, 3.63) is 0 Å². The first-order valence-corrected chi connectivity index (χ1v) is 7.20. The van der Waals surface area contributed by atoms with Gasteiger partial charge in [0.05, 0.1) is 6.61 Å². The topological polar surface area (TPSA) is 66.8 Å². The summed E-state index contributed by atoms with van der Waals surface area (Å²) < 4.78 is 33.4. The van der Waals surface area contributed by atoms with Crippen molar-refractivity contribution in [1.29, 1.82) is 0 Å². The maximum atomic E-state index is 10.4. The fraction of sp³-hybridized carbons (Fsp3) is 1.00. The summed E-state index contributed by atoms with van der Waals surface area (Å²) in [5.41, 5.74) is 0. The summed E-state index contributed by atoms with van der Waals surface area (Å²) in [6.45, 7) is 6.70. The van der Waals surface area contributed by atoms with Gasteiger partial charge in [-0.05, 0) is 25.9 Å². The zero-order chi connectivity index (χ0) is 12.4. The second kappa shape index (κ2) is 8.92. The molecule has 0 saturated carbocycles. The van der Waals surface area contributed by atoms with Crippen LogP contribution in [0.1, 0.15) is 39.5 Å². The zero-order valence-corrected chi connectivity index (χ0v) is 11.0. The molecule has 1 N–H and O–H groups in total. The Balaban J connectivity index is 3.81. The maximum Gasteiger partial charge on any atom is 0.397 e. The predicted molar refractivity (Wildman–Crippen MR) is 63.8 cm³/mol. The predicted octanol–water partition coefficient (Wildman–Crippen LogP) is 1.71.